The van der Waals surface area contributed by atoms with E-state index in [-0.39, 0.29) is 6.42 Å². The zero-order valence-corrected chi connectivity index (χ0v) is 10.9. The maximum atomic E-state index is 13.4. The Balaban J connectivity index is 3.10. The largest absolute Gasteiger partial charge is 0.480 e. The first-order valence-corrected chi connectivity index (χ1v) is 6.97. The number of rotatable bonds is 6. The standard InChI is InChI=1S/C11H13F2NO4S/c1-2-4-8(11(15)16)14-19(17,18)9-6-3-5-7(12)10(9)13/h3,5-6,8,14H,2,4H2,1H3,(H,15,16). The van der Waals surface area contributed by atoms with Gasteiger partial charge < -0.3 is 5.11 Å². The number of nitrogens with one attached hydrogen (secondary N) is 1. The second-order valence-electron chi connectivity index (χ2n) is 3.85. The third-order valence-electron chi connectivity index (χ3n) is 2.38. The van der Waals surface area contributed by atoms with Crippen molar-refractivity contribution in [3.8, 4) is 0 Å². The predicted octanol–water partition coefficient (Wildman–Crippen LogP) is 1.50. The van der Waals surface area contributed by atoms with E-state index in [1.54, 1.807) is 6.92 Å². The van der Waals surface area contributed by atoms with Gasteiger partial charge in [-0.3, -0.25) is 4.79 Å². The first-order chi connectivity index (χ1) is 8.79. The molecule has 1 unspecified atom stereocenters. The second-order valence-corrected chi connectivity index (χ2v) is 5.54. The van der Waals surface area contributed by atoms with Crippen molar-refractivity contribution < 1.29 is 27.1 Å². The fourth-order valence-corrected chi connectivity index (χ4v) is 2.78. The van der Waals surface area contributed by atoms with E-state index in [2.05, 4.69) is 0 Å². The minimum absolute atomic E-state index is 0.0471. The summed E-state index contributed by atoms with van der Waals surface area (Å²) in [5, 5.41) is 8.84. The molecule has 0 saturated carbocycles. The molecule has 1 rings (SSSR count). The van der Waals surface area contributed by atoms with Crippen LogP contribution in [0.15, 0.2) is 23.1 Å². The summed E-state index contributed by atoms with van der Waals surface area (Å²) in [4.78, 5) is 9.95. The van der Waals surface area contributed by atoms with Crippen LogP contribution in [0, 0.1) is 11.6 Å². The zero-order chi connectivity index (χ0) is 14.6. The molecule has 19 heavy (non-hydrogen) atoms. The van der Waals surface area contributed by atoms with Gasteiger partial charge in [0.15, 0.2) is 11.6 Å². The van der Waals surface area contributed by atoms with Crippen molar-refractivity contribution in [3.63, 3.8) is 0 Å². The minimum atomic E-state index is -4.43. The molecule has 2 N–H and O–H groups in total. The Morgan fingerprint density at radius 3 is 2.58 bits per heavy atom. The fourth-order valence-electron chi connectivity index (χ4n) is 1.46. The average molecular weight is 293 g/mol. The summed E-state index contributed by atoms with van der Waals surface area (Å²) in [5.41, 5.74) is 0. The van der Waals surface area contributed by atoms with E-state index < -0.39 is 38.6 Å². The Morgan fingerprint density at radius 2 is 2.05 bits per heavy atom. The number of carbonyl (C=O) groups is 1. The Kier molecular flexibility index (Phi) is 4.96. The lowest BCUT2D eigenvalue weighted by Crippen LogP contribution is -2.40. The van der Waals surface area contributed by atoms with Crippen LogP contribution in [-0.4, -0.2) is 25.5 Å². The van der Waals surface area contributed by atoms with E-state index in [1.165, 1.54) is 0 Å². The van der Waals surface area contributed by atoms with Gasteiger partial charge in [0.25, 0.3) is 0 Å². The van der Waals surface area contributed by atoms with Gasteiger partial charge in [-0.1, -0.05) is 19.4 Å². The normalized spacial score (nSPS) is 13.2. The highest BCUT2D eigenvalue weighted by Gasteiger charge is 2.27. The van der Waals surface area contributed by atoms with Gasteiger partial charge in [0.2, 0.25) is 10.0 Å². The number of aliphatic carboxylic acids is 1. The van der Waals surface area contributed by atoms with Gasteiger partial charge in [0, 0.05) is 0 Å². The second kappa shape index (κ2) is 6.07. The lowest BCUT2D eigenvalue weighted by Gasteiger charge is -2.14. The molecule has 0 fully saturated rings. The highest BCUT2D eigenvalue weighted by molar-refractivity contribution is 7.89. The summed E-state index contributed by atoms with van der Waals surface area (Å²) in [6, 6.07) is 1.29. The van der Waals surface area contributed by atoms with Crippen LogP contribution in [0.2, 0.25) is 0 Å². The Morgan fingerprint density at radius 1 is 1.42 bits per heavy atom. The molecular formula is C11H13F2NO4S. The average Bonchev–Trinajstić information content (AvgIpc) is 2.31. The van der Waals surface area contributed by atoms with E-state index >= 15 is 0 Å². The molecule has 0 amide bonds. The number of benzene rings is 1. The van der Waals surface area contributed by atoms with E-state index in [0.717, 1.165) is 18.2 Å². The quantitative estimate of drug-likeness (QED) is 0.832. The van der Waals surface area contributed by atoms with E-state index in [0.29, 0.717) is 6.42 Å². The number of hydrogen-bond donors (Lipinski definition) is 2. The van der Waals surface area contributed by atoms with Crippen molar-refractivity contribution in [3.05, 3.63) is 29.8 Å². The lowest BCUT2D eigenvalue weighted by atomic mass is 10.2. The van der Waals surface area contributed by atoms with Crippen LogP contribution in [-0.2, 0) is 14.8 Å². The molecular weight excluding hydrogens is 280 g/mol. The molecule has 0 radical (unpaired) electrons. The monoisotopic (exact) mass is 293 g/mol. The number of halogens is 2. The maximum Gasteiger partial charge on any atom is 0.321 e. The van der Waals surface area contributed by atoms with Crippen LogP contribution >= 0.6 is 0 Å². The first kappa shape index (κ1) is 15.5. The molecule has 0 spiro atoms. The summed E-state index contributed by atoms with van der Waals surface area (Å²) < 4.78 is 51.8. The highest BCUT2D eigenvalue weighted by Crippen LogP contribution is 2.17. The summed E-state index contributed by atoms with van der Waals surface area (Å²) in [5.74, 6) is -4.22. The molecule has 1 atom stereocenters. The smallest absolute Gasteiger partial charge is 0.321 e. The Bertz CT molecular complexity index is 574. The number of sulfonamides is 1. The van der Waals surface area contributed by atoms with E-state index in [9.17, 15) is 22.0 Å². The topological polar surface area (TPSA) is 83.5 Å². The van der Waals surface area contributed by atoms with Crippen molar-refractivity contribution in [2.45, 2.75) is 30.7 Å². The van der Waals surface area contributed by atoms with Crippen molar-refractivity contribution in [2.75, 3.05) is 0 Å². The SMILES string of the molecule is CCCC(NS(=O)(=O)c1cccc(F)c1F)C(=O)O. The molecule has 1 aromatic carbocycles. The Labute approximate surface area is 109 Å². The van der Waals surface area contributed by atoms with Gasteiger partial charge in [-0.05, 0) is 18.6 Å². The van der Waals surface area contributed by atoms with E-state index in [1.807, 2.05) is 4.72 Å². The molecule has 106 valence electrons. The number of carboxylic acid groups (broad SMARTS) is 1. The van der Waals surface area contributed by atoms with Crippen LogP contribution < -0.4 is 4.72 Å². The van der Waals surface area contributed by atoms with Crippen molar-refractivity contribution in [1.82, 2.24) is 4.72 Å². The maximum absolute atomic E-state index is 13.4. The molecule has 0 aliphatic heterocycles. The van der Waals surface area contributed by atoms with Gasteiger partial charge in [-0.15, -0.1) is 0 Å². The van der Waals surface area contributed by atoms with Crippen LogP contribution in [0.3, 0.4) is 0 Å². The van der Waals surface area contributed by atoms with Gasteiger partial charge >= 0.3 is 5.97 Å². The minimum Gasteiger partial charge on any atom is -0.480 e. The summed E-state index contributed by atoms with van der Waals surface area (Å²) >= 11 is 0. The molecule has 1 aromatic rings. The lowest BCUT2D eigenvalue weighted by molar-refractivity contribution is -0.139. The molecule has 0 bridgehead atoms. The van der Waals surface area contributed by atoms with Crippen LogP contribution in [0.25, 0.3) is 0 Å². The molecule has 0 saturated heterocycles. The summed E-state index contributed by atoms with van der Waals surface area (Å²) in [7, 11) is -4.43. The third kappa shape index (κ3) is 3.71. The van der Waals surface area contributed by atoms with Crippen LogP contribution in [0.4, 0.5) is 8.78 Å². The zero-order valence-electron chi connectivity index (χ0n) is 10.1. The summed E-state index contributed by atoms with van der Waals surface area (Å²) in [6.07, 6.45) is 0.469. The molecule has 0 aliphatic carbocycles. The van der Waals surface area contributed by atoms with Gasteiger partial charge in [-0.25, -0.2) is 17.2 Å². The highest BCUT2D eigenvalue weighted by atomic mass is 32.2. The van der Waals surface area contributed by atoms with E-state index in [4.69, 9.17) is 5.11 Å². The molecule has 5 nitrogen and oxygen atoms in total. The predicted molar refractivity (Wildman–Crippen MR) is 63.0 cm³/mol. The van der Waals surface area contributed by atoms with Crippen LogP contribution in [0.5, 0.6) is 0 Å². The van der Waals surface area contributed by atoms with Crippen molar-refractivity contribution in [1.29, 1.82) is 0 Å². The number of carboxylic acids is 1. The number of hydrogen-bond acceptors (Lipinski definition) is 3. The Hall–Kier alpha value is -1.54. The fraction of sp³-hybridized carbons (Fsp3) is 0.364. The first-order valence-electron chi connectivity index (χ1n) is 5.48. The summed E-state index contributed by atoms with van der Waals surface area (Å²) in [6.45, 7) is 1.67. The van der Waals surface area contributed by atoms with Gasteiger partial charge in [0.05, 0.1) is 0 Å². The molecule has 0 heterocycles. The molecule has 0 aliphatic rings. The van der Waals surface area contributed by atoms with Gasteiger partial charge in [-0.2, -0.15) is 4.72 Å². The van der Waals surface area contributed by atoms with Gasteiger partial charge in [0.1, 0.15) is 10.9 Å². The van der Waals surface area contributed by atoms with Crippen molar-refractivity contribution >= 4 is 16.0 Å². The van der Waals surface area contributed by atoms with Crippen LogP contribution in [0.1, 0.15) is 19.8 Å². The molecule has 0 aromatic heterocycles. The third-order valence-corrected chi connectivity index (χ3v) is 3.87. The van der Waals surface area contributed by atoms with Crippen molar-refractivity contribution in [2.24, 2.45) is 0 Å². The molecule has 8 heteroatoms.